The first-order valence-electron chi connectivity index (χ1n) is 4.57. The van der Waals surface area contributed by atoms with Gasteiger partial charge in [-0.15, -0.1) is 0 Å². The summed E-state index contributed by atoms with van der Waals surface area (Å²) < 4.78 is 0. The van der Waals surface area contributed by atoms with Crippen LogP contribution < -0.4 is 0 Å². The van der Waals surface area contributed by atoms with E-state index in [1.165, 1.54) is 0 Å². The number of hydrogen-bond acceptors (Lipinski definition) is 2. The van der Waals surface area contributed by atoms with Gasteiger partial charge >= 0.3 is 0 Å². The third-order valence-electron chi connectivity index (χ3n) is 2.62. The van der Waals surface area contributed by atoms with Gasteiger partial charge in [-0.2, -0.15) is 0 Å². The lowest BCUT2D eigenvalue weighted by Gasteiger charge is -2.30. The summed E-state index contributed by atoms with van der Waals surface area (Å²) >= 11 is 0. The van der Waals surface area contributed by atoms with E-state index in [-0.39, 0.29) is 23.1 Å². The zero-order chi connectivity index (χ0) is 10.4. The smallest absolute Gasteiger partial charge is 0.233 e. The molecule has 0 bridgehead atoms. The minimum Gasteiger partial charge on any atom is -0.335 e. The number of hydrogen-bond donors (Lipinski definition) is 0. The van der Waals surface area contributed by atoms with E-state index in [4.69, 9.17) is 0 Å². The Balaban J connectivity index is 3.01. The number of Topliss-reactive ketones (excluding diaryl/α,β-unsaturated/α-hetero) is 1. The second-order valence-electron chi connectivity index (χ2n) is 4.84. The van der Waals surface area contributed by atoms with Crippen molar-refractivity contribution in [3.63, 3.8) is 0 Å². The standard InChI is InChI=1S/C10H17NO2/c1-6-7(12)8(10(2,3)4)11(5)9(6)13/h6,8H,1-5H3. The molecule has 1 heterocycles. The highest BCUT2D eigenvalue weighted by molar-refractivity contribution is 6.10. The molecule has 2 unspecified atom stereocenters. The normalized spacial score (nSPS) is 30.1. The van der Waals surface area contributed by atoms with Crippen LogP contribution >= 0.6 is 0 Å². The summed E-state index contributed by atoms with van der Waals surface area (Å²) in [6, 6.07) is -0.255. The average Bonchev–Trinajstić information content (AvgIpc) is 2.14. The van der Waals surface area contributed by atoms with Crippen molar-refractivity contribution in [2.75, 3.05) is 7.05 Å². The Morgan fingerprint density at radius 1 is 1.23 bits per heavy atom. The Morgan fingerprint density at radius 2 is 1.69 bits per heavy atom. The molecule has 1 aliphatic rings. The minimum absolute atomic E-state index is 0.0510. The van der Waals surface area contributed by atoms with Crippen molar-refractivity contribution in [1.29, 1.82) is 0 Å². The molecule has 3 heteroatoms. The predicted octanol–water partition coefficient (Wildman–Crippen LogP) is 1.08. The van der Waals surface area contributed by atoms with Crippen molar-refractivity contribution in [2.45, 2.75) is 33.7 Å². The van der Waals surface area contributed by atoms with Gasteiger partial charge in [0.2, 0.25) is 5.91 Å². The fourth-order valence-corrected chi connectivity index (χ4v) is 1.99. The molecule has 0 aliphatic carbocycles. The molecule has 1 amide bonds. The van der Waals surface area contributed by atoms with E-state index in [1.54, 1.807) is 18.9 Å². The molecular weight excluding hydrogens is 166 g/mol. The predicted molar refractivity (Wildman–Crippen MR) is 50.2 cm³/mol. The topological polar surface area (TPSA) is 37.4 Å². The first kappa shape index (κ1) is 10.2. The maximum absolute atomic E-state index is 11.7. The van der Waals surface area contributed by atoms with Gasteiger partial charge in [0.25, 0.3) is 0 Å². The van der Waals surface area contributed by atoms with Crippen LogP contribution in [-0.2, 0) is 9.59 Å². The van der Waals surface area contributed by atoms with Gasteiger partial charge in [-0.25, -0.2) is 0 Å². The van der Waals surface area contributed by atoms with Crippen LogP contribution in [0.25, 0.3) is 0 Å². The van der Waals surface area contributed by atoms with Crippen LogP contribution in [0.4, 0.5) is 0 Å². The zero-order valence-electron chi connectivity index (χ0n) is 8.92. The number of rotatable bonds is 0. The molecule has 0 radical (unpaired) electrons. The van der Waals surface area contributed by atoms with Gasteiger partial charge < -0.3 is 4.90 Å². The maximum Gasteiger partial charge on any atom is 0.233 e. The molecule has 0 aromatic carbocycles. The average molecular weight is 183 g/mol. The third kappa shape index (κ3) is 1.47. The Labute approximate surface area is 79.1 Å². The molecule has 1 saturated heterocycles. The number of ketones is 1. The van der Waals surface area contributed by atoms with E-state index in [0.717, 1.165) is 0 Å². The highest BCUT2D eigenvalue weighted by Crippen LogP contribution is 2.32. The largest absolute Gasteiger partial charge is 0.335 e. The third-order valence-corrected chi connectivity index (χ3v) is 2.62. The van der Waals surface area contributed by atoms with Crippen LogP contribution in [-0.4, -0.2) is 29.7 Å². The molecule has 0 aromatic rings. The number of nitrogens with zero attached hydrogens (tertiary/aromatic N) is 1. The summed E-state index contributed by atoms with van der Waals surface area (Å²) in [5, 5.41) is 0. The monoisotopic (exact) mass is 183 g/mol. The lowest BCUT2D eigenvalue weighted by atomic mass is 9.83. The molecule has 74 valence electrons. The number of carbonyl (C=O) groups excluding carboxylic acids is 2. The second-order valence-corrected chi connectivity index (χ2v) is 4.84. The molecule has 1 fully saturated rings. The summed E-state index contributed by atoms with van der Waals surface area (Å²) in [6.45, 7) is 7.64. The molecule has 3 nitrogen and oxygen atoms in total. The van der Waals surface area contributed by atoms with E-state index < -0.39 is 5.92 Å². The molecule has 0 saturated carbocycles. The molecule has 13 heavy (non-hydrogen) atoms. The van der Waals surface area contributed by atoms with Crippen molar-refractivity contribution in [1.82, 2.24) is 4.90 Å². The first-order chi connectivity index (χ1) is 5.76. The van der Waals surface area contributed by atoms with Crippen LogP contribution in [0.2, 0.25) is 0 Å². The molecule has 1 rings (SSSR count). The van der Waals surface area contributed by atoms with Gasteiger partial charge in [0, 0.05) is 7.05 Å². The summed E-state index contributed by atoms with van der Waals surface area (Å²) in [5.74, 6) is -0.445. The number of carbonyl (C=O) groups is 2. The van der Waals surface area contributed by atoms with E-state index in [1.807, 2.05) is 20.8 Å². The Morgan fingerprint density at radius 3 is 1.85 bits per heavy atom. The zero-order valence-corrected chi connectivity index (χ0v) is 8.92. The molecule has 0 aromatic heterocycles. The van der Waals surface area contributed by atoms with Crippen LogP contribution in [0.5, 0.6) is 0 Å². The molecule has 2 atom stereocenters. The van der Waals surface area contributed by atoms with Gasteiger partial charge in [0.05, 0.1) is 12.0 Å². The van der Waals surface area contributed by atoms with E-state index in [2.05, 4.69) is 0 Å². The van der Waals surface area contributed by atoms with Crippen LogP contribution in [0.1, 0.15) is 27.7 Å². The van der Waals surface area contributed by atoms with E-state index in [0.29, 0.717) is 0 Å². The molecule has 1 aliphatic heterocycles. The van der Waals surface area contributed by atoms with Crippen molar-refractivity contribution < 1.29 is 9.59 Å². The Kier molecular flexibility index (Phi) is 2.22. The van der Waals surface area contributed by atoms with Gasteiger partial charge in [0.1, 0.15) is 0 Å². The number of likely N-dealkylation sites (N-methyl/N-ethyl adjacent to an activating group) is 1. The van der Waals surface area contributed by atoms with E-state index in [9.17, 15) is 9.59 Å². The highest BCUT2D eigenvalue weighted by Gasteiger charge is 2.47. The summed E-state index contributed by atoms with van der Waals surface area (Å²) in [7, 11) is 1.71. The fraction of sp³-hybridized carbons (Fsp3) is 0.800. The number of likely N-dealkylation sites (tertiary alicyclic amines) is 1. The molecular formula is C10H17NO2. The van der Waals surface area contributed by atoms with E-state index >= 15 is 0 Å². The second kappa shape index (κ2) is 2.82. The van der Waals surface area contributed by atoms with Gasteiger partial charge in [-0.3, -0.25) is 9.59 Å². The highest BCUT2D eigenvalue weighted by atomic mass is 16.2. The SMILES string of the molecule is CC1C(=O)C(C(C)(C)C)N(C)C1=O. The van der Waals surface area contributed by atoms with Crippen molar-refractivity contribution in [2.24, 2.45) is 11.3 Å². The van der Waals surface area contributed by atoms with Crippen LogP contribution in [0.3, 0.4) is 0 Å². The Hall–Kier alpha value is -0.860. The van der Waals surface area contributed by atoms with Gasteiger partial charge in [-0.05, 0) is 12.3 Å². The summed E-state index contributed by atoms with van der Waals surface area (Å²) in [6.07, 6.45) is 0. The van der Waals surface area contributed by atoms with Gasteiger partial charge in [-0.1, -0.05) is 20.8 Å². The van der Waals surface area contributed by atoms with Gasteiger partial charge in [0.15, 0.2) is 5.78 Å². The summed E-state index contributed by atoms with van der Waals surface area (Å²) in [4.78, 5) is 24.8. The number of amides is 1. The van der Waals surface area contributed by atoms with Crippen LogP contribution in [0, 0.1) is 11.3 Å². The van der Waals surface area contributed by atoms with Crippen molar-refractivity contribution in [3.05, 3.63) is 0 Å². The lowest BCUT2D eigenvalue weighted by molar-refractivity contribution is -0.131. The quantitative estimate of drug-likeness (QED) is 0.527. The Bertz CT molecular complexity index is 252. The fourth-order valence-electron chi connectivity index (χ4n) is 1.99. The van der Waals surface area contributed by atoms with Crippen LogP contribution in [0.15, 0.2) is 0 Å². The van der Waals surface area contributed by atoms with Crippen molar-refractivity contribution in [3.8, 4) is 0 Å². The minimum atomic E-state index is -0.450. The van der Waals surface area contributed by atoms with Crippen molar-refractivity contribution >= 4 is 11.7 Å². The lowest BCUT2D eigenvalue weighted by Crippen LogP contribution is -2.42. The molecule has 0 N–H and O–H groups in total. The molecule has 0 spiro atoms. The maximum atomic E-state index is 11.7. The summed E-state index contributed by atoms with van der Waals surface area (Å²) in [5.41, 5.74) is -0.160. The first-order valence-corrected chi connectivity index (χ1v) is 4.57.